The number of hydrogen-bond donors (Lipinski definition) is 4. The second-order valence-electron chi connectivity index (χ2n) is 9.13. The van der Waals surface area contributed by atoms with Crippen molar-refractivity contribution >= 4 is 40.4 Å². The third-order valence-corrected chi connectivity index (χ3v) is 7.21. The van der Waals surface area contributed by atoms with Crippen molar-refractivity contribution in [3.63, 3.8) is 0 Å². The van der Waals surface area contributed by atoms with Crippen molar-refractivity contribution in [1.82, 2.24) is 24.5 Å². The summed E-state index contributed by atoms with van der Waals surface area (Å²) >= 11 is 6.98. The van der Waals surface area contributed by atoms with E-state index in [-0.39, 0.29) is 0 Å². The molecule has 4 heterocycles. The Bertz CT molecular complexity index is 1190. The van der Waals surface area contributed by atoms with Crippen LogP contribution < -0.4 is 27.0 Å². The van der Waals surface area contributed by atoms with Crippen LogP contribution in [0.25, 0.3) is 5.65 Å². The summed E-state index contributed by atoms with van der Waals surface area (Å²) in [6.45, 7) is 5.02. The summed E-state index contributed by atoms with van der Waals surface area (Å²) in [7, 11) is 0. The first kappa shape index (κ1) is 20.9. The van der Waals surface area contributed by atoms with Crippen LogP contribution in [-0.4, -0.2) is 62.7 Å². The average Bonchev–Trinajstić information content (AvgIpc) is 3.42. The van der Waals surface area contributed by atoms with Crippen LogP contribution in [0.5, 0.6) is 0 Å². The van der Waals surface area contributed by atoms with Crippen LogP contribution in [0, 0.1) is 0 Å². The lowest BCUT2D eigenvalue weighted by Crippen LogP contribution is -2.47. The van der Waals surface area contributed by atoms with E-state index >= 15 is 0 Å². The van der Waals surface area contributed by atoms with Gasteiger partial charge in [0.1, 0.15) is 0 Å². The second-order valence-corrected chi connectivity index (χ2v) is 9.51. The first-order valence-corrected chi connectivity index (χ1v) is 12.0. The van der Waals surface area contributed by atoms with E-state index in [0.717, 1.165) is 68.1 Å². The van der Waals surface area contributed by atoms with E-state index < -0.39 is 0 Å². The van der Waals surface area contributed by atoms with Crippen LogP contribution in [0.2, 0.25) is 5.02 Å². The lowest BCUT2D eigenvalue weighted by molar-refractivity contribution is 0.311. The molecule has 0 radical (unpaired) electrons. The molecule has 1 aliphatic carbocycles. The Hall–Kier alpha value is -2.66. The number of nitrogens with zero attached hydrogens (tertiary/aromatic N) is 6. The Morgan fingerprint density at radius 1 is 1.09 bits per heavy atom. The molecule has 11 heteroatoms. The minimum atomic E-state index is 0.335. The zero-order valence-corrected chi connectivity index (χ0v) is 19.2. The molecule has 2 bridgehead atoms. The molecule has 6 rings (SSSR count). The van der Waals surface area contributed by atoms with E-state index in [1.54, 1.807) is 10.7 Å². The van der Waals surface area contributed by atoms with Gasteiger partial charge in [-0.2, -0.15) is 4.98 Å². The number of rotatable bonds is 7. The quantitative estimate of drug-likeness (QED) is 0.411. The summed E-state index contributed by atoms with van der Waals surface area (Å²) in [5.41, 5.74) is 16.3. The van der Waals surface area contributed by atoms with E-state index in [9.17, 15) is 0 Å². The Balaban J connectivity index is 1.39. The zero-order valence-electron chi connectivity index (χ0n) is 18.5. The minimum Gasteiger partial charge on any atom is -0.365 e. The molecule has 10 nitrogen and oxygen atoms in total. The maximum atomic E-state index is 6.98. The fraction of sp³-hybridized carbons (Fsp3) is 0.500. The van der Waals surface area contributed by atoms with Gasteiger partial charge in [0.25, 0.3) is 0 Å². The number of hydrogen-bond acceptors (Lipinski definition) is 9. The highest BCUT2D eigenvalue weighted by molar-refractivity contribution is 6.36. The van der Waals surface area contributed by atoms with Crippen molar-refractivity contribution in [3.8, 4) is 0 Å². The van der Waals surface area contributed by atoms with Crippen LogP contribution in [0.15, 0.2) is 18.3 Å². The zero-order chi connectivity index (χ0) is 22.5. The number of aromatic nitrogens is 4. The Morgan fingerprint density at radius 3 is 2.76 bits per heavy atom. The number of nitrogens with one attached hydrogen (secondary N) is 2. The molecule has 3 aliphatic rings. The van der Waals surface area contributed by atoms with Crippen LogP contribution in [-0.2, 0) is 13.1 Å². The van der Waals surface area contributed by atoms with Crippen LogP contribution in [0.3, 0.4) is 0 Å². The predicted octanol–water partition coefficient (Wildman–Crippen LogP) is 1.91. The summed E-state index contributed by atoms with van der Waals surface area (Å²) in [5, 5.41) is 12.2. The molecule has 2 aliphatic heterocycles. The van der Waals surface area contributed by atoms with Crippen molar-refractivity contribution in [2.24, 2.45) is 11.5 Å². The maximum absolute atomic E-state index is 6.98. The molecule has 3 fully saturated rings. The van der Waals surface area contributed by atoms with Crippen molar-refractivity contribution in [1.29, 1.82) is 0 Å². The van der Waals surface area contributed by atoms with E-state index in [4.69, 9.17) is 28.1 Å². The first-order valence-electron chi connectivity index (χ1n) is 11.6. The van der Waals surface area contributed by atoms with Gasteiger partial charge in [0.2, 0.25) is 5.95 Å². The minimum absolute atomic E-state index is 0.335. The number of imidazole rings is 1. The molecule has 6 N–H and O–H groups in total. The molecule has 2 saturated heterocycles. The molecule has 2 aromatic heterocycles. The highest BCUT2D eigenvalue weighted by Gasteiger charge is 2.34. The van der Waals surface area contributed by atoms with Crippen LogP contribution >= 0.6 is 11.6 Å². The molecule has 2 unspecified atom stereocenters. The molecule has 0 amide bonds. The predicted molar refractivity (Wildman–Crippen MR) is 130 cm³/mol. The van der Waals surface area contributed by atoms with Gasteiger partial charge in [0.05, 0.1) is 28.3 Å². The lowest BCUT2D eigenvalue weighted by atomic mass is 10.1. The van der Waals surface area contributed by atoms with E-state index in [1.165, 1.54) is 0 Å². The van der Waals surface area contributed by atoms with E-state index in [2.05, 4.69) is 36.6 Å². The van der Waals surface area contributed by atoms with Gasteiger partial charge in [-0.15, -0.1) is 5.10 Å². The molecule has 33 heavy (non-hydrogen) atoms. The molecule has 0 spiro atoms. The van der Waals surface area contributed by atoms with Crippen molar-refractivity contribution in [2.45, 2.75) is 44.4 Å². The van der Waals surface area contributed by atoms with Gasteiger partial charge < -0.3 is 27.0 Å². The highest BCUT2D eigenvalue weighted by atomic mass is 35.5. The third kappa shape index (κ3) is 3.86. The Morgan fingerprint density at radius 2 is 1.97 bits per heavy atom. The standard InChI is InChI=1S/C22H29ClN10/c23-19-17(7-13(9-24)8-18(19)32-6-5-31-4-3-15(32)12-31)28-22-29-20(27-14-1-2-14)21-26-11-16(10-25)33(21)30-22/h7-8,11,14-15H,1-6,9-10,12,24-25H2,(H2,27,28,29,30). The largest absolute Gasteiger partial charge is 0.365 e. The van der Waals surface area contributed by atoms with Crippen LogP contribution in [0.1, 0.15) is 30.5 Å². The number of nitrogens with two attached hydrogens (primary N) is 2. The van der Waals surface area contributed by atoms with Gasteiger partial charge in [-0.25, -0.2) is 9.50 Å². The summed E-state index contributed by atoms with van der Waals surface area (Å²) in [4.78, 5) is 14.2. The van der Waals surface area contributed by atoms with Gasteiger partial charge in [0.15, 0.2) is 11.5 Å². The van der Waals surface area contributed by atoms with Gasteiger partial charge in [-0.3, -0.25) is 4.90 Å². The molecule has 2 atom stereocenters. The third-order valence-electron chi connectivity index (χ3n) is 6.81. The molecular formula is C22H29ClN10. The fourth-order valence-electron chi connectivity index (χ4n) is 4.86. The Kier molecular flexibility index (Phi) is 5.25. The SMILES string of the molecule is NCc1cc(Nc2nc(NC3CC3)c3ncc(CN)n3n2)c(Cl)c(N2CCN3CCC2C3)c1. The normalized spacial score (nSPS) is 22.2. The average molecular weight is 469 g/mol. The smallest absolute Gasteiger partial charge is 0.247 e. The molecule has 3 aromatic rings. The van der Waals surface area contributed by atoms with Crippen molar-refractivity contribution in [3.05, 3.63) is 34.6 Å². The Labute approximate surface area is 197 Å². The van der Waals surface area contributed by atoms with E-state index in [0.29, 0.717) is 47.6 Å². The van der Waals surface area contributed by atoms with Crippen molar-refractivity contribution in [2.75, 3.05) is 41.7 Å². The van der Waals surface area contributed by atoms with Crippen molar-refractivity contribution < 1.29 is 0 Å². The number of benzene rings is 1. The fourth-order valence-corrected chi connectivity index (χ4v) is 5.13. The monoisotopic (exact) mass is 468 g/mol. The second kappa shape index (κ2) is 8.28. The highest BCUT2D eigenvalue weighted by Crippen LogP contribution is 2.39. The lowest BCUT2D eigenvalue weighted by Gasteiger charge is -2.37. The number of piperazine rings is 1. The van der Waals surface area contributed by atoms with Crippen LogP contribution in [0.4, 0.5) is 23.1 Å². The molecule has 1 aromatic carbocycles. The number of anilines is 4. The topological polar surface area (TPSA) is 126 Å². The molecular weight excluding hydrogens is 440 g/mol. The maximum Gasteiger partial charge on any atom is 0.247 e. The van der Waals surface area contributed by atoms with Gasteiger partial charge in [-0.05, 0) is 37.0 Å². The summed E-state index contributed by atoms with van der Waals surface area (Å²) in [6.07, 6.45) is 5.16. The number of halogens is 1. The number of fused-ring (bicyclic) bond motifs is 3. The van der Waals surface area contributed by atoms with Gasteiger partial charge >= 0.3 is 0 Å². The summed E-state index contributed by atoms with van der Waals surface area (Å²) in [6, 6.07) is 5.01. The summed E-state index contributed by atoms with van der Waals surface area (Å²) in [5.74, 6) is 1.13. The van der Waals surface area contributed by atoms with Gasteiger partial charge in [0, 0.05) is 51.4 Å². The van der Waals surface area contributed by atoms with E-state index in [1.807, 2.05) is 6.07 Å². The summed E-state index contributed by atoms with van der Waals surface area (Å²) < 4.78 is 1.75. The molecule has 174 valence electrons. The molecule has 1 saturated carbocycles. The van der Waals surface area contributed by atoms with Gasteiger partial charge in [-0.1, -0.05) is 11.6 Å². The first-order chi connectivity index (χ1) is 16.1.